The first-order chi connectivity index (χ1) is 8.22. The van der Waals surface area contributed by atoms with E-state index in [1.807, 2.05) is 13.1 Å². The summed E-state index contributed by atoms with van der Waals surface area (Å²) in [7, 11) is 2.03. The van der Waals surface area contributed by atoms with Crippen molar-refractivity contribution < 1.29 is 4.39 Å². The van der Waals surface area contributed by atoms with E-state index in [2.05, 4.69) is 5.32 Å². The molecule has 1 aromatic carbocycles. The minimum absolute atomic E-state index is 0.292. The van der Waals surface area contributed by atoms with Gasteiger partial charge in [0, 0.05) is 6.04 Å². The summed E-state index contributed by atoms with van der Waals surface area (Å²) >= 11 is 5.93. The number of nitrogens with one attached hydrogen (secondary N) is 1. The Balaban J connectivity index is 1.83. The van der Waals surface area contributed by atoms with Gasteiger partial charge >= 0.3 is 0 Å². The molecule has 0 bridgehead atoms. The van der Waals surface area contributed by atoms with Gasteiger partial charge in [0.1, 0.15) is 5.82 Å². The molecule has 0 radical (unpaired) electrons. The molecule has 1 aliphatic carbocycles. The Morgan fingerprint density at radius 2 is 2.24 bits per heavy atom. The first kappa shape index (κ1) is 12.8. The Morgan fingerprint density at radius 3 is 2.88 bits per heavy atom. The monoisotopic (exact) mass is 255 g/mol. The maximum atomic E-state index is 13.2. The summed E-state index contributed by atoms with van der Waals surface area (Å²) in [4.78, 5) is 0. The van der Waals surface area contributed by atoms with Crippen molar-refractivity contribution in [2.45, 2.75) is 38.1 Å². The van der Waals surface area contributed by atoms with Gasteiger partial charge in [0.25, 0.3) is 0 Å². The molecule has 1 atom stereocenters. The van der Waals surface area contributed by atoms with E-state index in [4.69, 9.17) is 11.6 Å². The van der Waals surface area contributed by atoms with Gasteiger partial charge in [0.2, 0.25) is 0 Å². The van der Waals surface area contributed by atoms with Crippen molar-refractivity contribution in [1.29, 1.82) is 0 Å². The summed E-state index contributed by atoms with van der Waals surface area (Å²) < 4.78 is 13.2. The Hall–Kier alpha value is -0.600. The zero-order valence-corrected chi connectivity index (χ0v) is 10.9. The molecule has 1 unspecified atom stereocenters. The van der Waals surface area contributed by atoms with Crippen LogP contribution in [-0.2, 0) is 6.42 Å². The molecule has 0 heterocycles. The molecule has 0 amide bonds. The van der Waals surface area contributed by atoms with E-state index in [0.29, 0.717) is 11.1 Å². The molecule has 1 N–H and O–H groups in total. The molecular weight excluding hydrogens is 237 g/mol. The molecule has 1 nitrogen and oxygen atoms in total. The number of rotatable bonds is 6. The first-order valence-electron chi connectivity index (χ1n) is 6.32. The second kappa shape index (κ2) is 5.83. The minimum atomic E-state index is -0.309. The van der Waals surface area contributed by atoms with Crippen LogP contribution in [0.1, 0.15) is 31.2 Å². The van der Waals surface area contributed by atoms with Crippen LogP contribution >= 0.6 is 11.6 Å². The third-order valence-corrected chi connectivity index (χ3v) is 3.98. The standard InChI is InChI=1S/C14H19ClFN/c1-17-13(10-8-9-10)7-3-5-11-4-2-6-12(16)14(11)15/h2,4,6,10,13,17H,3,5,7-9H2,1H3. The molecule has 17 heavy (non-hydrogen) atoms. The average molecular weight is 256 g/mol. The molecular formula is C14H19ClFN. The molecule has 1 fully saturated rings. The summed E-state index contributed by atoms with van der Waals surface area (Å²) in [6, 6.07) is 5.68. The maximum Gasteiger partial charge on any atom is 0.142 e. The van der Waals surface area contributed by atoms with E-state index in [9.17, 15) is 4.39 Å². The second-order valence-electron chi connectivity index (χ2n) is 4.84. The maximum absolute atomic E-state index is 13.2. The van der Waals surface area contributed by atoms with Crippen molar-refractivity contribution in [3.8, 4) is 0 Å². The number of halogens is 2. The zero-order chi connectivity index (χ0) is 12.3. The summed E-state index contributed by atoms with van der Waals surface area (Å²) in [6.45, 7) is 0. The third kappa shape index (κ3) is 3.43. The molecule has 1 aromatic rings. The lowest BCUT2D eigenvalue weighted by atomic mass is 10.0. The fourth-order valence-electron chi connectivity index (χ4n) is 2.37. The van der Waals surface area contributed by atoms with Gasteiger partial charge in [0.15, 0.2) is 0 Å². The van der Waals surface area contributed by atoms with Gasteiger partial charge in [-0.25, -0.2) is 4.39 Å². The van der Waals surface area contributed by atoms with E-state index >= 15 is 0 Å². The third-order valence-electron chi connectivity index (χ3n) is 3.55. The van der Waals surface area contributed by atoms with Crippen LogP contribution in [0.25, 0.3) is 0 Å². The van der Waals surface area contributed by atoms with Gasteiger partial charge in [0.05, 0.1) is 5.02 Å². The molecule has 3 heteroatoms. The van der Waals surface area contributed by atoms with Crippen molar-refractivity contribution in [1.82, 2.24) is 5.32 Å². The van der Waals surface area contributed by atoms with E-state index < -0.39 is 0 Å². The minimum Gasteiger partial charge on any atom is -0.317 e. The summed E-state index contributed by atoms with van der Waals surface area (Å²) in [6.07, 6.45) is 5.78. The Bertz CT molecular complexity index is 376. The molecule has 1 aliphatic rings. The van der Waals surface area contributed by atoms with Crippen molar-refractivity contribution in [3.05, 3.63) is 34.6 Å². The molecule has 0 spiro atoms. The van der Waals surface area contributed by atoms with Gasteiger partial charge in [-0.15, -0.1) is 0 Å². The van der Waals surface area contributed by atoms with Crippen LogP contribution in [0.15, 0.2) is 18.2 Å². The van der Waals surface area contributed by atoms with Crippen molar-refractivity contribution in [3.63, 3.8) is 0 Å². The van der Waals surface area contributed by atoms with Gasteiger partial charge in [-0.3, -0.25) is 0 Å². The number of benzene rings is 1. The highest BCUT2D eigenvalue weighted by atomic mass is 35.5. The van der Waals surface area contributed by atoms with Crippen LogP contribution in [-0.4, -0.2) is 13.1 Å². The highest BCUT2D eigenvalue weighted by Crippen LogP contribution is 2.34. The van der Waals surface area contributed by atoms with Crippen molar-refractivity contribution in [2.24, 2.45) is 5.92 Å². The summed E-state index contributed by atoms with van der Waals surface area (Å²) in [5.74, 6) is 0.555. The van der Waals surface area contributed by atoms with E-state index in [0.717, 1.165) is 30.7 Å². The normalized spacial score (nSPS) is 17.1. The molecule has 0 aliphatic heterocycles. The number of hydrogen-bond donors (Lipinski definition) is 1. The first-order valence-corrected chi connectivity index (χ1v) is 6.70. The highest BCUT2D eigenvalue weighted by molar-refractivity contribution is 6.31. The van der Waals surface area contributed by atoms with Crippen LogP contribution in [0.5, 0.6) is 0 Å². The molecule has 0 aromatic heterocycles. The molecule has 94 valence electrons. The fraction of sp³-hybridized carbons (Fsp3) is 0.571. The SMILES string of the molecule is CNC(CCCc1cccc(F)c1Cl)C1CC1. The second-order valence-corrected chi connectivity index (χ2v) is 5.22. The lowest BCUT2D eigenvalue weighted by Crippen LogP contribution is -2.27. The van der Waals surface area contributed by atoms with Crippen molar-refractivity contribution >= 4 is 11.6 Å². The molecule has 1 saturated carbocycles. The van der Waals surface area contributed by atoms with Gasteiger partial charge < -0.3 is 5.32 Å². The van der Waals surface area contributed by atoms with Gasteiger partial charge in [-0.1, -0.05) is 23.7 Å². The summed E-state index contributed by atoms with van der Waals surface area (Å²) in [5.41, 5.74) is 0.928. The zero-order valence-electron chi connectivity index (χ0n) is 10.2. The fourth-order valence-corrected chi connectivity index (χ4v) is 2.59. The van der Waals surface area contributed by atoms with E-state index in [1.54, 1.807) is 6.07 Å². The van der Waals surface area contributed by atoms with E-state index in [1.165, 1.54) is 18.9 Å². The Labute approximate surface area is 107 Å². The van der Waals surface area contributed by atoms with Crippen molar-refractivity contribution in [2.75, 3.05) is 7.05 Å². The smallest absolute Gasteiger partial charge is 0.142 e. The van der Waals surface area contributed by atoms with Crippen LogP contribution in [0.3, 0.4) is 0 Å². The Kier molecular flexibility index (Phi) is 4.41. The lowest BCUT2D eigenvalue weighted by molar-refractivity contribution is 0.456. The predicted molar refractivity (Wildman–Crippen MR) is 69.9 cm³/mol. The average Bonchev–Trinajstić information content (AvgIpc) is 3.14. The van der Waals surface area contributed by atoms with Gasteiger partial charge in [-0.2, -0.15) is 0 Å². The van der Waals surface area contributed by atoms with Crippen LogP contribution in [0.4, 0.5) is 4.39 Å². The predicted octanol–water partition coefficient (Wildman–Crippen LogP) is 3.80. The quantitative estimate of drug-likeness (QED) is 0.815. The largest absolute Gasteiger partial charge is 0.317 e. The van der Waals surface area contributed by atoms with E-state index in [-0.39, 0.29) is 5.82 Å². The van der Waals surface area contributed by atoms with Crippen LogP contribution in [0, 0.1) is 11.7 Å². The highest BCUT2D eigenvalue weighted by Gasteiger charge is 2.29. The molecule has 2 rings (SSSR count). The Morgan fingerprint density at radius 1 is 1.47 bits per heavy atom. The number of hydrogen-bond acceptors (Lipinski definition) is 1. The van der Waals surface area contributed by atoms with Gasteiger partial charge in [-0.05, 0) is 56.7 Å². The topological polar surface area (TPSA) is 12.0 Å². The van der Waals surface area contributed by atoms with Crippen LogP contribution < -0.4 is 5.32 Å². The van der Waals surface area contributed by atoms with Crippen LogP contribution in [0.2, 0.25) is 5.02 Å². The molecule has 0 saturated heterocycles. The lowest BCUT2D eigenvalue weighted by Gasteiger charge is -2.15. The summed E-state index contributed by atoms with van der Waals surface area (Å²) in [5, 5.41) is 3.66. The number of aryl methyl sites for hydroxylation is 1.